The van der Waals surface area contributed by atoms with Crippen LogP contribution in [0.4, 0.5) is 4.39 Å². The number of fused-ring (bicyclic) bond motifs is 1. The van der Waals surface area contributed by atoms with Gasteiger partial charge in [-0.05, 0) is 24.3 Å². The molecule has 0 saturated carbocycles. The molecule has 6 nitrogen and oxygen atoms in total. The number of aromatic amines is 1. The summed E-state index contributed by atoms with van der Waals surface area (Å²) in [6.45, 7) is 5.30. The standard InChI is InChI=1S/C18H18FN5O/c1-18(2)11-23(9-12-7-20-22-16(12)18)17(25)13-8-21-24(10-13)15-5-3-14(19)4-6-15/h3-8,10H,9,11H2,1-2H3,(H,20,22). The number of nitrogens with zero attached hydrogens (tertiary/aromatic N) is 4. The second-order valence-electron chi connectivity index (χ2n) is 6.97. The van der Waals surface area contributed by atoms with E-state index in [2.05, 4.69) is 29.1 Å². The highest BCUT2D eigenvalue weighted by molar-refractivity contribution is 5.94. The van der Waals surface area contributed by atoms with Crippen molar-refractivity contribution in [3.8, 4) is 5.69 Å². The SMILES string of the molecule is CC1(C)CN(C(=O)c2cnn(-c3ccc(F)cc3)c2)Cc2cn[nH]c21. The van der Waals surface area contributed by atoms with Gasteiger partial charge in [-0.15, -0.1) is 0 Å². The molecule has 25 heavy (non-hydrogen) atoms. The zero-order chi connectivity index (χ0) is 17.6. The van der Waals surface area contributed by atoms with Gasteiger partial charge >= 0.3 is 0 Å². The van der Waals surface area contributed by atoms with Gasteiger partial charge in [0.05, 0.1) is 23.6 Å². The van der Waals surface area contributed by atoms with Gasteiger partial charge in [-0.1, -0.05) is 13.8 Å². The van der Waals surface area contributed by atoms with E-state index in [0.29, 0.717) is 24.3 Å². The number of nitrogens with one attached hydrogen (secondary N) is 1. The third-order valence-electron chi connectivity index (χ3n) is 4.55. The Kier molecular flexibility index (Phi) is 3.45. The zero-order valence-electron chi connectivity index (χ0n) is 14.0. The monoisotopic (exact) mass is 339 g/mol. The van der Waals surface area contributed by atoms with Crippen LogP contribution in [-0.2, 0) is 12.0 Å². The first-order chi connectivity index (χ1) is 11.9. The molecule has 1 aliphatic heterocycles. The molecule has 1 amide bonds. The fraction of sp³-hybridized carbons (Fsp3) is 0.278. The van der Waals surface area contributed by atoms with Crippen LogP contribution in [0.3, 0.4) is 0 Å². The minimum absolute atomic E-state index is 0.0757. The molecule has 0 atom stereocenters. The number of hydrogen-bond acceptors (Lipinski definition) is 3. The predicted molar refractivity (Wildman–Crippen MR) is 89.9 cm³/mol. The van der Waals surface area contributed by atoms with Crippen molar-refractivity contribution < 1.29 is 9.18 Å². The average Bonchev–Trinajstić information content (AvgIpc) is 3.23. The van der Waals surface area contributed by atoms with Crippen molar-refractivity contribution in [1.82, 2.24) is 24.9 Å². The fourth-order valence-corrected chi connectivity index (χ4v) is 3.33. The van der Waals surface area contributed by atoms with E-state index in [9.17, 15) is 9.18 Å². The Morgan fingerprint density at radius 3 is 2.76 bits per heavy atom. The van der Waals surface area contributed by atoms with E-state index in [1.165, 1.54) is 12.1 Å². The van der Waals surface area contributed by atoms with Crippen LogP contribution in [0, 0.1) is 5.82 Å². The Morgan fingerprint density at radius 2 is 2.00 bits per heavy atom. The lowest BCUT2D eigenvalue weighted by Gasteiger charge is -2.37. The number of H-pyrrole nitrogens is 1. The number of halogens is 1. The summed E-state index contributed by atoms with van der Waals surface area (Å²) < 4.78 is 14.6. The van der Waals surface area contributed by atoms with Crippen molar-refractivity contribution in [1.29, 1.82) is 0 Å². The van der Waals surface area contributed by atoms with Crippen LogP contribution >= 0.6 is 0 Å². The van der Waals surface area contributed by atoms with Gasteiger partial charge in [0.15, 0.2) is 0 Å². The van der Waals surface area contributed by atoms with Crippen LogP contribution in [0.5, 0.6) is 0 Å². The van der Waals surface area contributed by atoms with E-state index in [1.807, 2.05) is 4.90 Å². The van der Waals surface area contributed by atoms with Crippen molar-refractivity contribution in [3.05, 3.63) is 65.5 Å². The highest BCUT2D eigenvalue weighted by atomic mass is 19.1. The van der Waals surface area contributed by atoms with Crippen LogP contribution in [0.1, 0.15) is 35.5 Å². The number of hydrogen-bond donors (Lipinski definition) is 1. The number of rotatable bonds is 2. The molecule has 2 aromatic heterocycles. The molecule has 0 aliphatic carbocycles. The lowest BCUT2D eigenvalue weighted by atomic mass is 9.83. The van der Waals surface area contributed by atoms with E-state index in [4.69, 9.17) is 0 Å². The Labute approximate surface area is 144 Å². The van der Waals surface area contributed by atoms with Gasteiger partial charge in [-0.3, -0.25) is 9.89 Å². The van der Waals surface area contributed by atoms with Crippen LogP contribution in [0.25, 0.3) is 5.69 Å². The smallest absolute Gasteiger partial charge is 0.257 e. The van der Waals surface area contributed by atoms with Gasteiger partial charge in [0, 0.05) is 36.0 Å². The van der Waals surface area contributed by atoms with E-state index in [0.717, 1.165) is 11.3 Å². The summed E-state index contributed by atoms with van der Waals surface area (Å²) in [5.74, 6) is -0.382. The van der Waals surface area contributed by atoms with Gasteiger partial charge < -0.3 is 4.90 Å². The van der Waals surface area contributed by atoms with Gasteiger partial charge in [-0.2, -0.15) is 10.2 Å². The highest BCUT2D eigenvalue weighted by Crippen LogP contribution is 2.32. The molecule has 0 unspecified atom stereocenters. The van der Waals surface area contributed by atoms with Crippen molar-refractivity contribution in [2.24, 2.45) is 0 Å². The Bertz CT molecular complexity index is 925. The minimum atomic E-state index is -0.307. The molecule has 1 aliphatic rings. The topological polar surface area (TPSA) is 66.8 Å². The second-order valence-corrected chi connectivity index (χ2v) is 6.97. The molecule has 3 heterocycles. The Balaban J connectivity index is 1.59. The third-order valence-corrected chi connectivity index (χ3v) is 4.55. The first-order valence-electron chi connectivity index (χ1n) is 8.07. The summed E-state index contributed by atoms with van der Waals surface area (Å²) in [7, 11) is 0. The lowest BCUT2D eigenvalue weighted by Crippen LogP contribution is -2.44. The average molecular weight is 339 g/mol. The molecule has 128 valence electrons. The molecule has 4 rings (SSSR count). The van der Waals surface area contributed by atoms with Gasteiger partial charge in [0.2, 0.25) is 0 Å². The largest absolute Gasteiger partial charge is 0.333 e. The molecule has 0 fully saturated rings. The first-order valence-corrected chi connectivity index (χ1v) is 8.07. The van der Waals surface area contributed by atoms with E-state index in [1.54, 1.807) is 35.4 Å². The van der Waals surface area contributed by atoms with Crippen LogP contribution in [0.15, 0.2) is 42.9 Å². The number of carbonyl (C=O) groups is 1. The molecule has 0 saturated heterocycles. The third kappa shape index (κ3) is 2.71. The Hall–Kier alpha value is -2.96. The van der Waals surface area contributed by atoms with Gasteiger partial charge in [0.25, 0.3) is 5.91 Å². The summed E-state index contributed by atoms with van der Waals surface area (Å²) in [5.41, 5.74) is 3.14. The summed E-state index contributed by atoms with van der Waals surface area (Å²) in [5, 5.41) is 11.4. The molecule has 1 aromatic carbocycles. The Morgan fingerprint density at radius 1 is 1.24 bits per heavy atom. The maximum Gasteiger partial charge on any atom is 0.257 e. The van der Waals surface area contributed by atoms with Gasteiger partial charge in [-0.25, -0.2) is 9.07 Å². The quantitative estimate of drug-likeness (QED) is 0.780. The fourth-order valence-electron chi connectivity index (χ4n) is 3.33. The number of carbonyl (C=O) groups excluding carboxylic acids is 1. The summed E-state index contributed by atoms with van der Waals surface area (Å²) in [6.07, 6.45) is 5.00. The maximum absolute atomic E-state index is 13.0. The number of amides is 1. The first kappa shape index (κ1) is 15.6. The zero-order valence-corrected chi connectivity index (χ0v) is 14.0. The molecular formula is C18H18FN5O. The van der Waals surface area contributed by atoms with Crippen LogP contribution in [0.2, 0.25) is 0 Å². The summed E-state index contributed by atoms with van der Waals surface area (Å²) >= 11 is 0. The van der Waals surface area contributed by atoms with Crippen molar-refractivity contribution in [3.63, 3.8) is 0 Å². The van der Waals surface area contributed by atoms with Crippen LogP contribution < -0.4 is 0 Å². The van der Waals surface area contributed by atoms with Crippen molar-refractivity contribution in [2.45, 2.75) is 25.8 Å². The highest BCUT2D eigenvalue weighted by Gasteiger charge is 2.36. The molecule has 0 bridgehead atoms. The van der Waals surface area contributed by atoms with Gasteiger partial charge in [0.1, 0.15) is 5.82 Å². The summed E-state index contributed by atoms with van der Waals surface area (Å²) in [6, 6.07) is 5.98. The maximum atomic E-state index is 13.0. The van der Waals surface area contributed by atoms with Crippen LogP contribution in [-0.4, -0.2) is 37.3 Å². The van der Waals surface area contributed by atoms with Crippen molar-refractivity contribution in [2.75, 3.05) is 6.54 Å². The second kappa shape index (κ2) is 5.54. The van der Waals surface area contributed by atoms with E-state index >= 15 is 0 Å². The predicted octanol–water partition coefficient (Wildman–Crippen LogP) is 2.67. The molecule has 0 radical (unpaired) electrons. The van der Waals surface area contributed by atoms with E-state index < -0.39 is 0 Å². The normalized spacial score (nSPS) is 15.9. The number of benzene rings is 1. The molecule has 3 aromatic rings. The number of aromatic nitrogens is 4. The minimum Gasteiger partial charge on any atom is -0.333 e. The van der Waals surface area contributed by atoms with Crippen molar-refractivity contribution >= 4 is 5.91 Å². The van der Waals surface area contributed by atoms with E-state index in [-0.39, 0.29) is 17.1 Å². The lowest BCUT2D eigenvalue weighted by molar-refractivity contribution is 0.0684. The molecule has 1 N–H and O–H groups in total. The molecular weight excluding hydrogens is 321 g/mol. The molecule has 7 heteroatoms. The summed E-state index contributed by atoms with van der Waals surface area (Å²) in [4.78, 5) is 14.7. The molecule has 0 spiro atoms.